The van der Waals surface area contributed by atoms with Crippen molar-refractivity contribution in [2.24, 2.45) is 0 Å². The molecule has 1 aliphatic heterocycles. The summed E-state index contributed by atoms with van der Waals surface area (Å²) in [4.78, 5) is 5.09. The molecule has 3 rings (SSSR count). The Hall–Kier alpha value is -0.380. The minimum absolute atomic E-state index is 0.673. The van der Waals surface area contributed by atoms with Crippen molar-refractivity contribution in [2.75, 3.05) is 33.2 Å². The van der Waals surface area contributed by atoms with Crippen molar-refractivity contribution in [3.63, 3.8) is 0 Å². The first-order valence-electron chi connectivity index (χ1n) is 6.45. The first-order valence-corrected chi connectivity index (χ1v) is 7.24. The van der Waals surface area contributed by atoms with Crippen LogP contribution in [0.4, 0.5) is 0 Å². The van der Waals surface area contributed by atoms with Gasteiger partial charge >= 0.3 is 0 Å². The van der Waals surface area contributed by atoms with E-state index >= 15 is 0 Å². The number of hydrogen-bond donors (Lipinski definition) is 0. The lowest BCUT2D eigenvalue weighted by Crippen LogP contribution is -2.45. The second kappa shape index (κ2) is 4.71. The van der Waals surface area contributed by atoms with Crippen molar-refractivity contribution in [1.29, 1.82) is 0 Å². The van der Waals surface area contributed by atoms with Crippen molar-refractivity contribution in [3.05, 3.63) is 33.8 Å². The summed E-state index contributed by atoms with van der Waals surface area (Å²) in [6.45, 7) is 4.86. The van der Waals surface area contributed by atoms with Crippen molar-refractivity contribution < 1.29 is 0 Å². The molecule has 1 atom stereocenters. The minimum Gasteiger partial charge on any atom is -0.304 e. The quantitative estimate of drug-likeness (QED) is 0.786. The Morgan fingerprint density at radius 3 is 2.71 bits per heavy atom. The van der Waals surface area contributed by atoms with Gasteiger partial charge in [-0.3, -0.25) is 4.90 Å². The molecule has 1 heterocycles. The lowest BCUT2D eigenvalue weighted by atomic mass is 10.1. The van der Waals surface area contributed by atoms with E-state index in [9.17, 15) is 0 Å². The predicted octanol–water partition coefficient (Wildman–Crippen LogP) is 2.68. The molecule has 0 saturated carbocycles. The van der Waals surface area contributed by atoms with E-state index in [1.807, 2.05) is 0 Å². The summed E-state index contributed by atoms with van der Waals surface area (Å²) < 4.78 is 1.22. The summed E-state index contributed by atoms with van der Waals surface area (Å²) in [5.41, 5.74) is 3.11. The van der Waals surface area contributed by atoms with Crippen LogP contribution in [0, 0.1) is 0 Å². The first-order chi connectivity index (χ1) is 8.24. The molecule has 0 N–H and O–H groups in total. The molecule has 0 radical (unpaired) electrons. The fourth-order valence-corrected chi connectivity index (χ4v) is 3.48. The summed E-state index contributed by atoms with van der Waals surface area (Å²) in [7, 11) is 2.22. The molecule has 0 spiro atoms. The van der Waals surface area contributed by atoms with Crippen molar-refractivity contribution >= 4 is 15.9 Å². The van der Waals surface area contributed by atoms with Crippen LogP contribution in [-0.4, -0.2) is 43.0 Å². The van der Waals surface area contributed by atoms with E-state index < -0.39 is 0 Å². The van der Waals surface area contributed by atoms with E-state index in [-0.39, 0.29) is 0 Å². The highest BCUT2D eigenvalue weighted by Crippen LogP contribution is 2.37. The summed E-state index contributed by atoms with van der Waals surface area (Å²) in [6.07, 6.45) is 2.54. The van der Waals surface area contributed by atoms with Crippen LogP contribution in [0.2, 0.25) is 0 Å². The average molecular weight is 295 g/mol. The molecule has 92 valence electrons. The molecule has 1 saturated heterocycles. The van der Waals surface area contributed by atoms with Gasteiger partial charge in [-0.25, -0.2) is 0 Å². The molecule has 1 unspecified atom stereocenters. The number of fused-ring (bicyclic) bond motifs is 1. The molecular weight excluding hydrogens is 276 g/mol. The molecule has 0 aromatic heterocycles. The number of likely N-dealkylation sites (N-methyl/N-ethyl adjacent to an activating group) is 1. The maximum absolute atomic E-state index is 3.57. The Bertz CT molecular complexity index is 411. The monoisotopic (exact) mass is 294 g/mol. The number of rotatable bonds is 1. The SMILES string of the molecule is CN1CCN(C2CCc3cc(Br)ccc32)CC1. The molecular formula is C14H19BrN2. The fraction of sp³-hybridized carbons (Fsp3) is 0.571. The van der Waals surface area contributed by atoms with Gasteiger partial charge in [0.2, 0.25) is 0 Å². The normalized spacial score (nSPS) is 26.1. The number of aryl methyl sites for hydroxylation is 1. The van der Waals surface area contributed by atoms with Crippen molar-refractivity contribution in [3.8, 4) is 0 Å². The fourth-order valence-electron chi connectivity index (χ4n) is 3.08. The molecule has 3 heteroatoms. The Labute approximate surface area is 112 Å². The van der Waals surface area contributed by atoms with Crippen molar-refractivity contribution in [2.45, 2.75) is 18.9 Å². The maximum Gasteiger partial charge on any atom is 0.0355 e. The van der Waals surface area contributed by atoms with Crippen LogP contribution in [0.5, 0.6) is 0 Å². The van der Waals surface area contributed by atoms with Gasteiger partial charge in [-0.1, -0.05) is 22.0 Å². The van der Waals surface area contributed by atoms with E-state index in [1.54, 1.807) is 11.1 Å². The van der Waals surface area contributed by atoms with Gasteiger partial charge < -0.3 is 4.90 Å². The van der Waals surface area contributed by atoms with Crippen LogP contribution >= 0.6 is 15.9 Å². The third-order valence-electron chi connectivity index (χ3n) is 4.13. The van der Waals surface area contributed by atoms with Gasteiger partial charge in [-0.15, -0.1) is 0 Å². The standard InChI is InChI=1S/C14H19BrN2/c1-16-6-8-17(9-7-16)14-5-2-11-10-12(15)3-4-13(11)14/h3-4,10,14H,2,5-9H2,1H3. The molecule has 0 amide bonds. The highest BCUT2D eigenvalue weighted by molar-refractivity contribution is 9.10. The molecule has 2 nitrogen and oxygen atoms in total. The Kier molecular flexibility index (Phi) is 3.24. The molecule has 0 bridgehead atoms. The molecule has 1 aromatic carbocycles. The molecule has 1 fully saturated rings. The Morgan fingerprint density at radius 2 is 1.94 bits per heavy atom. The highest BCUT2D eigenvalue weighted by atomic mass is 79.9. The molecule has 17 heavy (non-hydrogen) atoms. The van der Waals surface area contributed by atoms with E-state index in [0.29, 0.717) is 6.04 Å². The van der Waals surface area contributed by atoms with Crippen LogP contribution in [0.1, 0.15) is 23.6 Å². The average Bonchev–Trinajstić information content (AvgIpc) is 2.73. The number of hydrogen-bond acceptors (Lipinski definition) is 2. The van der Waals surface area contributed by atoms with Crippen molar-refractivity contribution in [1.82, 2.24) is 9.80 Å². The highest BCUT2D eigenvalue weighted by Gasteiger charge is 2.29. The van der Waals surface area contributed by atoms with Gasteiger partial charge in [0.25, 0.3) is 0 Å². The second-order valence-corrected chi connectivity index (χ2v) is 6.15. The van der Waals surface area contributed by atoms with Crippen LogP contribution in [-0.2, 0) is 6.42 Å². The Morgan fingerprint density at radius 1 is 1.18 bits per heavy atom. The van der Waals surface area contributed by atoms with Crippen LogP contribution in [0.15, 0.2) is 22.7 Å². The number of nitrogens with zero attached hydrogens (tertiary/aromatic N) is 2. The zero-order chi connectivity index (χ0) is 11.8. The zero-order valence-corrected chi connectivity index (χ0v) is 11.9. The smallest absolute Gasteiger partial charge is 0.0355 e. The third kappa shape index (κ3) is 2.28. The minimum atomic E-state index is 0.673. The first kappa shape index (κ1) is 11.7. The third-order valence-corrected chi connectivity index (χ3v) is 4.62. The van der Waals surface area contributed by atoms with Gasteiger partial charge in [-0.2, -0.15) is 0 Å². The summed E-state index contributed by atoms with van der Waals surface area (Å²) in [5.74, 6) is 0. The number of benzene rings is 1. The lowest BCUT2D eigenvalue weighted by Gasteiger charge is -2.36. The van der Waals surface area contributed by atoms with Crippen LogP contribution < -0.4 is 0 Å². The predicted molar refractivity (Wildman–Crippen MR) is 74.3 cm³/mol. The van der Waals surface area contributed by atoms with Gasteiger partial charge in [0.1, 0.15) is 0 Å². The van der Waals surface area contributed by atoms with E-state index in [2.05, 4.69) is 51.0 Å². The van der Waals surface area contributed by atoms with E-state index in [4.69, 9.17) is 0 Å². The lowest BCUT2D eigenvalue weighted by molar-refractivity contribution is 0.111. The second-order valence-electron chi connectivity index (χ2n) is 5.24. The van der Waals surface area contributed by atoms with Gasteiger partial charge in [-0.05, 0) is 43.1 Å². The molecule has 1 aliphatic carbocycles. The van der Waals surface area contributed by atoms with Gasteiger partial charge in [0.05, 0.1) is 0 Å². The zero-order valence-electron chi connectivity index (χ0n) is 10.3. The summed E-state index contributed by atoms with van der Waals surface area (Å²) in [6, 6.07) is 7.47. The van der Waals surface area contributed by atoms with Gasteiger partial charge in [0, 0.05) is 36.7 Å². The van der Waals surface area contributed by atoms with E-state index in [0.717, 1.165) is 0 Å². The van der Waals surface area contributed by atoms with Crippen LogP contribution in [0.3, 0.4) is 0 Å². The molecule has 1 aromatic rings. The topological polar surface area (TPSA) is 6.48 Å². The number of piperazine rings is 1. The molecule has 2 aliphatic rings. The summed E-state index contributed by atoms with van der Waals surface area (Å²) in [5, 5.41) is 0. The van der Waals surface area contributed by atoms with Crippen LogP contribution in [0.25, 0.3) is 0 Å². The van der Waals surface area contributed by atoms with Gasteiger partial charge in [0.15, 0.2) is 0 Å². The number of halogens is 1. The largest absolute Gasteiger partial charge is 0.304 e. The Balaban J connectivity index is 1.79. The summed E-state index contributed by atoms with van der Waals surface area (Å²) >= 11 is 3.57. The maximum atomic E-state index is 3.57. The van der Waals surface area contributed by atoms with E-state index in [1.165, 1.54) is 43.5 Å².